The number of benzene rings is 2. The van der Waals surface area contributed by atoms with Gasteiger partial charge in [-0.1, -0.05) is 30.3 Å². The number of aliphatic hydroxyl groups is 1. The third kappa shape index (κ3) is 5.31. The molecule has 0 saturated carbocycles. The molecule has 4 N–H and O–H groups in total. The molecule has 4 aromatic rings. The predicted molar refractivity (Wildman–Crippen MR) is 135 cm³/mol. The van der Waals surface area contributed by atoms with E-state index in [0.29, 0.717) is 0 Å². The van der Waals surface area contributed by atoms with Crippen LogP contribution in [0.2, 0.25) is 0 Å². The van der Waals surface area contributed by atoms with Gasteiger partial charge in [0.1, 0.15) is 12.0 Å². The molecule has 2 aromatic heterocycles. The summed E-state index contributed by atoms with van der Waals surface area (Å²) in [5.74, 6) is -0.827. The average Bonchev–Trinajstić information content (AvgIpc) is 3.55. The van der Waals surface area contributed by atoms with E-state index in [0.717, 1.165) is 28.6 Å². The van der Waals surface area contributed by atoms with Crippen molar-refractivity contribution in [2.24, 2.45) is 0 Å². The zero-order valence-corrected chi connectivity index (χ0v) is 20.6. The molecule has 11 heteroatoms. The van der Waals surface area contributed by atoms with Gasteiger partial charge in [0.05, 0.1) is 22.2 Å². The van der Waals surface area contributed by atoms with Crippen molar-refractivity contribution in [3.63, 3.8) is 0 Å². The molecule has 0 radical (unpaired) electrons. The standard InChI is InChI=1S/C25H27N5O5S/c1-25(36(2,34)35,16-26-24(33)20-8-3-4-9-22(20)31)13-23(32)30-15-19(14-28-30)17-6-5-7-18(12-17)21-10-11-27-29-21/h3-12,14-15,23,31-32H,13,16H2,1-2H3,(H,26,33)(H,27,29). The van der Waals surface area contributed by atoms with Crippen LogP contribution in [0, 0.1) is 0 Å². The fourth-order valence-electron chi connectivity index (χ4n) is 3.79. The van der Waals surface area contributed by atoms with E-state index in [1.54, 1.807) is 30.7 Å². The molecule has 2 atom stereocenters. The first-order chi connectivity index (χ1) is 17.1. The molecule has 10 nitrogen and oxygen atoms in total. The number of sulfone groups is 1. The number of aromatic nitrogens is 4. The zero-order chi connectivity index (χ0) is 25.9. The van der Waals surface area contributed by atoms with Crippen LogP contribution in [0.3, 0.4) is 0 Å². The number of amides is 1. The summed E-state index contributed by atoms with van der Waals surface area (Å²) in [5, 5.41) is 34.5. The molecular formula is C25H27N5O5S. The molecule has 0 saturated heterocycles. The normalized spacial score (nSPS) is 14.2. The summed E-state index contributed by atoms with van der Waals surface area (Å²) in [5.41, 5.74) is 3.32. The fourth-order valence-corrected chi connectivity index (χ4v) is 4.58. The van der Waals surface area contributed by atoms with Gasteiger partial charge in [0.15, 0.2) is 9.84 Å². The minimum absolute atomic E-state index is 0.0303. The van der Waals surface area contributed by atoms with Gasteiger partial charge in [-0.15, -0.1) is 0 Å². The molecule has 0 spiro atoms. The van der Waals surface area contributed by atoms with Crippen molar-refractivity contribution in [3.05, 3.63) is 78.8 Å². The van der Waals surface area contributed by atoms with Crippen molar-refractivity contribution in [1.82, 2.24) is 25.3 Å². The number of carbonyl (C=O) groups excluding carboxylic acids is 1. The van der Waals surface area contributed by atoms with Gasteiger partial charge in [-0.25, -0.2) is 13.1 Å². The Hall–Kier alpha value is -3.96. The van der Waals surface area contributed by atoms with E-state index in [9.17, 15) is 23.4 Å². The maximum atomic E-state index is 12.7. The van der Waals surface area contributed by atoms with Gasteiger partial charge in [0.2, 0.25) is 0 Å². The first-order valence-electron chi connectivity index (χ1n) is 11.2. The van der Waals surface area contributed by atoms with E-state index in [4.69, 9.17) is 0 Å². The predicted octanol–water partition coefficient (Wildman–Crippen LogP) is 2.76. The maximum Gasteiger partial charge on any atom is 0.255 e. The van der Waals surface area contributed by atoms with Crippen molar-refractivity contribution in [1.29, 1.82) is 0 Å². The van der Waals surface area contributed by atoms with E-state index in [1.165, 1.54) is 23.7 Å². The third-order valence-electron chi connectivity index (χ3n) is 6.18. The van der Waals surface area contributed by atoms with Crippen LogP contribution < -0.4 is 5.32 Å². The monoisotopic (exact) mass is 509 g/mol. The SMILES string of the molecule is CC(CNC(=O)c1ccccc1O)(CC(O)n1cc(-c2cccc(-c3cc[nH]n3)c2)cn1)S(C)(=O)=O. The van der Waals surface area contributed by atoms with Gasteiger partial charge in [-0.2, -0.15) is 10.2 Å². The van der Waals surface area contributed by atoms with Crippen molar-refractivity contribution in [2.45, 2.75) is 24.3 Å². The van der Waals surface area contributed by atoms with E-state index in [1.807, 2.05) is 30.3 Å². The minimum Gasteiger partial charge on any atom is -0.507 e. The van der Waals surface area contributed by atoms with Crippen LogP contribution in [0.25, 0.3) is 22.4 Å². The van der Waals surface area contributed by atoms with Crippen LogP contribution in [0.15, 0.2) is 73.2 Å². The number of nitrogens with zero attached hydrogens (tertiary/aromatic N) is 3. The number of aromatic hydroxyl groups is 1. The maximum absolute atomic E-state index is 12.7. The zero-order valence-electron chi connectivity index (χ0n) is 19.8. The summed E-state index contributed by atoms with van der Waals surface area (Å²) in [4.78, 5) is 12.5. The molecule has 0 aliphatic carbocycles. The molecule has 4 rings (SSSR count). The number of phenolic OH excluding ortho intramolecular Hbond substituents is 1. The lowest BCUT2D eigenvalue weighted by Crippen LogP contribution is -2.47. The molecule has 0 bridgehead atoms. The van der Waals surface area contributed by atoms with E-state index < -0.39 is 26.7 Å². The average molecular weight is 510 g/mol. The number of hydrogen-bond donors (Lipinski definition) is 4. The van der Waals surface area contributed by atoms with Crippen molar-refractivity contribution in [2.75, 3.05) is 12.8 Å². The van der Waals surface area contributed by atoms with Crippen LogP contribution >= 0.6 is 0 Å². The van der Waals surface area contributed by atoms with Crippen molar-refractivity contribution < 1.29 is 23.4 Å². The second-order valence-electron chi connectivity index (χ2n) is 8.86. The lowest BCUT2D eigenvalue weighted by Gasteiger charge is -2.30. The molecular weight excluding hydrogens is 482 g/mol. The number of aliphatic hydroxyl groups excluding tert-OH is 1. The second-order valence-corrected chi connectivity index (χ2v) is 11.4. The third-order valence-corrected chi connectivity index (χ3v) is 8.28. The van der Waals surface area contributed by atoms with Crippen LogP contribution in [-0.2, 0) is 9.84 Å². The Bertz CT molecular complexity index is 1470. The van der Waals surface area contributed by atoms with Gasteiger partial charge >= 0.3 is 0 Å². The van der Waals surface area contributed by atoms with Gasteiger partial charge < -0.3 is 15.5 Å². The van der Waals surface area contributed by atoms with Gasteiger partial charge in [0.25, 0.3) is 5.91 Å². The van der Waals surface area contributed by atoms with E-state index >= 15 is 0 Å². The fraction of sp³-hybridized carbons (Fsp3) is 0.240. The Morgan fingerprint density at radius 1 is 1.14 bits per heavy atom. The molecule has 0 fully saturated rings. The van der Waals surface area contributed by atoms with E-state index in [-0.39, 0.29) is 24.3 Å². The summed E-state index contributed by atoms with van der Waals surface area (Å²) in [6, 6.07) is 15.5. The number of carbonyl (C=O) groups is 1. The Morgan fingerprint density at radius 3 is 2.58 bits per heavy atom. The van der Waals surface area contributed by atoms with Crippen LogP contribution in [0.5, 0.6) is 5.75 Å². The molecule has 2 aromatic carbocycles. The molecule has 0 aliphatic heterocycles. The Labute approximate surface area is 208 Å². The lowest BCUT2D eigenvalue weighted by molar-refractivity contribution is 0.0689. The summed E-state index contributed by atoms with van der Waals surface area (Å²) in [6.07, 6.45) is 4.53. The highest BCUT2D eigenvalue weighted by molar-refractivity contribution is 7.92. The number of H-pyrrole nitrogens is 1. The summed E-state index contributed by atoms with van der Waals surface area (Å²) in [7, 11) is -3.72. The summed E-state index contributed by atoms with van der Waals surface area (Å²) in [6.45, 7) is 1.18. The van der Waals surface area contributed by atoms with Gasteiger partial charge in [-0.05, 0) is 36.8 Å². The van der Waals surface area contributed by atoms with Crippen LogP contribution in [-0.4, -0.2) is 62.1 Å². The smallest absolute Gasteiger partial charge is 0.255 e. The molecule has 36 heavy (non-hydrogen) atoms. The topological polar surface area (TPSA) is 150 Å². The first-order valence-corrected chi connectivity index (χ1v) is 13.1. The molecule has 2 unspecified atom stereocenters. The largest absolute Gasteiger partial charge is 0.507 e. The summed E-state index contributed by atoms with van der Waals surface area (Å²) >= 11 is 0. The number of aromatic amines is 1. The number of phenols is 1. The molecule has 188 valence electrons. The second kappa shape index (κ2) is 9.96. The Balaban J connectivity index is 1.50. The molecule has 0 aliphatic rings. The Morgan fingerprint density at radius 2 is 1.89 bits per heavy atom. The quantitative estimate of drug-likeness (QED) is 0.271. The highest BCUT2D eigenvalue weighted by atomic mass is 32.2. The first kappa shape index (κ1) is 25.1. The molecule has 2 heterocycles. The van der Waals surface area contributed by atoms with Gasteiger partial charge in [-0.3, -0.25) is 9.89 Å². The van der Waals surface area contributed by atoms with E-state index in [2.05, 4.69) is 20.6 Å². The number of rotatable bonds is 9. The highest BCUT2D eigenvalue weighted by Crippen LogP contribution is 2.29. The number of para-hydroxylation sites is 1. The van der Waals surface area contributed by atoms with Crippen molar-refractivity contribution in [3.8, 4) is 28.1 Å². The number of hydrogen-bond acceptors (Lipinski definition) is 7. The number of nitrogens with one attached hydrogen (secondary N) is 2. The van der Waals surface area contributed by atoms with Crippen LogP contribution in [0.4, 0.5) is 0 Å². The lowest BCUT2D eigenvalue weighted by atomic mass is 10.0. The van der Waals surface area contributed by atoms with Crippen molar-refractivity contribution >= 4 is 15.7 Å². The highest BCUT2D eigenvalue weighted by Gasteiger charge is 2.39. The van der Waals surface area contributed by atoms with Crippen LogP contribution in [0.1, 0.15) is 29.9 Å². The Kier molecular flexibility index (Phi) is 6.95. The van der Waals surface area contributed by atoms with Gasteiger partial charge in [0, 0.05) is 42.7 Å². The molecule has 1 amide bonds. The minimum atomic E-state index is -3.72. The summed E-state index contributed by atoms with van der Waals surface area (Å²) < 4.78 is 25.1.